The average molecular weight is 302 g/mol. The maximum absolute atomic E-state index is 12.4. The summed E-state index contributed by atoms with van der Waals surface area (Å²) in [5, 5.41) is 3.00. The van der Waals surface area contributed by atoms with Gasteiger partial charge in [0.05, 0.1) is 13.7 Å². The van der Waals surface area contributed by atoms with E-state index in [1.165, 1.54) is 38.5 Å². The molecule has 4 heteroatoms. The fraction of sp³-hybridized carbons (Fsp3) is 0.611. The lowest BCUT2D eigenvalue weighted by Gasteiger charge is -2.43. The summed E-state index contributed by atoms with van der Waals surface area (Å²) in [4.78, 5) is 14.8. The standard InChI is InChI=1S/C18H26N2O2/c1-22-16-9-4-8-15(12-16)19-18(21)13-20-11-5-7-14-6-2-3-10-17(14)20/h4,8-9,12,14,17H,2-3,5-7,10-11,13H2,1H3,(H,19,21)/t14-,17+/m1/s1. The first-order valence-electron chi connectivity index (χ1n) is 8.44. The Morgan fingerprint density at radius 3 is 2.95 bits per heavy atom. The summed E-state index contributed by atoms with van der Waals surface area (Å²) >= 11 is 0. The second-order valence-electron chi connectivity index (χ2n) is 6.50. The molecular formula is C18H26N2O2. The maximum atomic E-state index is 12.4. The molecule has 0 aromatic heterocycles. The van der Waals surface area contributed by atoms with Crippen LogP contribution in [0.15, 0.2) is 24.3 Å². The van der Waals surface area contributed by atoms with Gasteiger partial charge in [-0.25, -0.2) is 0 Å². The summed E-state index contributed by atoms with van der Waals surface area (Å²) in [7, 11) is 1.64. The van der Waals surface area contributed by atoms with Crippen LogP contribution in [0.3, 0.4) is 0 Å². The lowest BCUT2D eigenvalue weighted by atomic mass is 9.78. The van der Waals surface area contributed by atoms with E-state index in [2.05, 4.69) is 10.2 Å². The van der Waals surface area contributed by atoms with Gasteiger partial charge in [-0.2, -0.15) is 0 Å². The lowest BCUT2D eigenvalue weighted by molar-refractivity contribution is -0.118. The molecule has 1 amide bonds. The van der Waals surface area contributed by atoms with E-state index >= 15 is 0 Å². The molecule has 22 heavy (non-hydrogen) atoms. The first-order chi connectivity index (χ1) is 10.8. The Bertz CT molecular complexity index is 516. The average Bonchev–Trinajstić information content (AvgIpc) is 2.55. The molecule has 1 aromatic carbocycles. The summed E-state index contributed by atoms with van der Waals surface area (Å²) in [6.45, 7) is 1.57. The molecule has 2 fully saturated rings. The highest BCUT2D eigenvalue weighted by atomic mass is 16.5. The number of hydrogen-bond acceptors (Lipinski definition) is 3. The second kappa shape index (κ2) is 7.14. The third-order valence-corrected chi connectivity index (χ3v) is 5.06. The topological polar surface area (TPSA) is 41.6 Å². The van der Waals surface area contributed by atoms with Crippen LogP contribution in [0.1, 0.15) is 38.5 Å². The summed E-state index contributed by atoms with van der Waals surface area (Å²) in [5.74, 6) is 1.66. The molecule has 2 atom stereocenters. The predicted molar refractivity (Wildman–Crippen MR) is 88.2 cm³/mol. The van der Waals surface area contributed by atoms with Crippen LogP contribution in [0.25, 0.3) is 0 Å². The molecule has 2 aliphatic rings. The third-order valence-electron chi connectivity index (χ3n) is 5.06. The maximum Gasteiger partial charge on any atom is 0.238 e. The number of fused-ring (bicyclic) bond motifs is 1. The van der Waals surface area contributed by atoms with Gasteiger partial charge in [0.25, 0.3) is 0 Å². The fourth-order valence-electron chi connectivity index (χ4n) is 4.01. The number of benzene rings is 1. The van der Waals surface area contributed by atoms with Gasteiger partial charge in [-0.15, -0.1) is 0 Å². The quantitative estimate of drug-likeness (QED) is 0.928. The van der Waals surface area contributed by atoms with Crippen molar-refractivity contribution in [2.75, 3.05) is 25.5 Å². The third kappa shape index (κ3) is 3.61. The van der Waals surface area contributed by atoms with E-state index in [0.717, 1.165) is 23.9 Å². The number of nitrogens with zero attached hydrogens (tertiary/aromatic N) is 1. The molecule has 0 bridgehead atoms. The number of hydrogen-bond donors (Lipinski definition) is 1. The number of methoxy groups -OCH3 is 1. The van der Waals surface area contributed by atoms with Crippen molar-refractivity contribution in [1.82, 2.24) is 4.90 Å². The number of rotatable bonds is 4. The molecule has 1 N–H and O–H groups in total. The van der Waals surface area contributed by atoms with Crippen molar-refractivity contribution in [2.45, 2.75) is 44.6 Å². The molecule has 0 unspecified atom stereocenters. The smallest absolute Gasteiger partial charge is 0.238 e. The Labute approximate surface area is 132 Å². The molecule has 120 valence electrons. The van der Waals surface area contributed by atoms with Gasteiger partial charge in [-0.3, -0.25) is 9.69 Å². The minimum atomic E-state index is 0.0828. The molecule has 1 aromatic rings. The fourth-order valence-corrected chi connectivity index (χ4v) is 4.01. The van der Waals surface area contributed by atoms with Gasteiger partial charge in [-0.05, 0) is 50.3 Å². The summed E-state index contributed by atoms with van der Waals surface area (Å²) in [6.07, 6.45) is 7.86. The molecule has 1 heterocycles. The highest BCUT2D eigenvalue weighted by Gasteiger charge is 2.33. The van der Waals surface area contributed by atoms with Crippen LogP contribution in [0, 0.1) is 5.92 Å². The number of ether oxygens (including phenoxy) is 1. The highest BCUT2D eigenvalue weighted by molar-refractivity contribution is 5.92. The largest absolute Gasteiger partial charge is 0.497 e. The van der Waals surface area contributed by atoms with Crippen LogP contribution in [0.2, 0.25) is 0 Å². The molecule has 1 aliphatic heterocycles. The lowest BCUT2D eigenvalue weighted by Crippen LogP contribution is -2.49. The van der Waals surface area contributed by atoms with Crippen molar-refractivity contribution >= 4 is 11.6 Å². The van der Waals surface area contributed by atoms with E-state index in [0.29, 0.717) is 12.6 Å². The molecular weight excluding hydrogens is 276 g/mol. The zero-order chi connectivity index (χ0) is 15.4. The zero-order valence-electron chi connectivity index (χ0n) is 13.4. The Morgan fingerprint density at radius 2 is 2.09 bits per heavy atom. The molecule has 0 spiro atoms. The minimum Gasteiger partial charge on any atom is -0.497 e. The Morgan fingerprint density at radius 1 is 1.27 bits per heavy atom. The van der Waals surface area contributed by atoms with Gasteiger partial charge < -0.3 is 10.1 Å². The van der Waals surface area contributed by atoms with Crippen LogP contribution >= 0.6 is 0 Å². The van der Waals surface area contributed by atoms with Crippen LogP contribution in [-0.4, -0.2) is 37.0 Å². The van der Waals surface area contributed by atoms with Gasteiger partial charge >= 0.3 is 0 Å². The van der Waals surface area contributed by atoms with E-state index in [1.54, 1.807) is 7.11 Å². The van der Waals surface area contributed by atoms with Gasteiger partial charge in [0, 0.05) is 17.8 Å². The SMILES string of the molecule is COc1cccc(NC(=O)CN2CCC[C@H]3CCCC[C@@H]32)c1. The van der Waals surface area contributed by atoms with Gasteiger partial charge in [-0.1, -0.05) is 18.9 Å². The van der Waals surface area contributed by atoms with Crippen LogP contribution in [-0.2, 0) is 4.79 Å². The van der Waals surface area contributed by atoms with Gasteiger partial charge in [0.2, 0.25) is 5.91 Å². The van der Waals surface area contributed by atoms with Crippen molar-refractivity contribution in [3.8, 4) is 5.75 Å². The van der Waals surface area contributed by atoms with E-state index in [1.807, 2.05) is 24.3 Å². The minimum absolute atomic E-state index is 0.0828. The summed E-state index contributed by atoms with van der Waals surface area (Å²) in [5.41, 5.74) is 0.807. The van der Waals surface area contributed by atoms with Crippen LogP contribution < -0.4 is 10.1 Å². The van der Waals surface area contributed by atoms with Crippen LogP contribution in [0.4, 0.5) is 5.69 Å². The number of likely N-dealkylation sites (tertiary alicyclic amines) is 1. The van der Waals surface area contributed by atoms with Gasteiger partial charge in [0.1, 0.15) is 5.75 Å². The van der Waals surface area contributed by atoms with Crippen molar-refractivity contribution < 1.29 is 9.53 Å². The van der Waals surface area contributed by atoms with Crippen molar-refractivity contribution in [3.63, 3.8) is 0 Å². The first-order valence-corrected chi connectivity index (χ1v) is 8.44. The second-order valence-corrected chi connectivity index (χ2v) is 6.50. The Balaban J connectivity index is 1.58. The Hall–Kier alpha value is -1.55. The van der Waals surface area contributed by atoms with Crippen molar-refractivity contribution in [1.29, 1.82) is 0 Å². The Kier molecular flexibility index (Phi) is 4.98. The van der Waals surface area contributed by atoms with Crippen LogP contribution in [0.5, 0.6) is 5.75 Å². The molecule has 4 nitrogen and oxygen atoms in total. The number of anilines is 1. The first kappa shape index (κ1) is 15.3. The van der Waals surface area contributed by atoms with E-state index < -0.39 is 0 Å². The number of carbonyl (C=O) groups is 1. The molecule has 1 saturated carbocycles. The highest BCUT2D eigenvalue weighted by Crippen LogP contribution is 2.35. The monoisotopic (exact) mass is 302 g/mol. The molecule has 3 rings (SSSR count). The van der Waals surface area contributed by atoms with Gasteiger partial charge in [0.15, 0.2) is 0 Å². The number of piperidine rings is 1. The normalized spacial score (nSPS) is 25.3. The molecule has 1 saturated heterocycles. The van der Waals surface area contributed by atoms with E-state index in [-0.39, 0.29) is 5.91 Å². The van der Waals surface area contributed by atoms with E-state index in [9.17, 15) is 4.79 Å². The molecule has 1 aliphatic carbocycles. The predicted octanol–water partition coefficient (Wildman–Crippen LogP) is 3.29. The summed E-state index contributed by atoms with van der Waals surface area (Å²) < 4.78 is 5.20. The zero-order valence-corrected chi connectivity index (χ0v) is 13.4. The number of nitrogens with one attached hydrogen (secondary N) is 1. The van der Waals surface area contributed by atoms with Crippen molar-refractivity contribution in [3.05, 3.63) is 24.3 Å². The van der Waals surface area contributed by atoms with Crippen molar-refractivity contribution in [2.24, 2.45) is 5.92 Å². The number of carbonyl (C=O) groups excluding carboxylic acids is 1. The molecule has 0 radical (unpaired) electrons. The number of amides is 1. The summed E-state index contributed by atoms with van der Waals surface area (Å²) in [6, 6.07) is 8.16. The van der Waals surface area contributed by atoms with E-state index in [4.69, 9.17) is 4.74 Å².